The number of carbonyl (C=O) groups excluding carboxylic acids is 2. The molecule has 0 aliphatic heterocycles. The Kier molecular flexibility index (Phi) is 9.05. The van der Waals surface area contributed by atoms with E-state index in [-0.39, 0.29) is 23.0 Å². The van der Waals surface area contributed by atoms with Crippen LogP contribution in [0.1, 0.15) is 58.4 Å². The minimum Gasteiger partial charge on any atom is -0.492 e. The number of carbonyl (C=O) groups is 2. The normalized spacial score (nSPS) is 13.4. The maximum atomic E-state index is 12.9. The van der Waals surface area contributed by atoms with Crippen LogP contribution in [0.5, 0.6) is 5.75 Å². The zero-order valence-corrected chi connectivity index (χ0v) is 21.0. The SMILES string of the molecule is O=C(NC1CCCCC1)c1ccc(NC(=S)NC(=O)c2ccccc2OCCc2ccccc2)cc1. The van der Waals surface area contributed by atoms with Crippen LogP contribution >= 0.6 is 12.2 Å². The summed E-state index contributed by atoms with van der Waals surface area (Å²) >= 11 is 5.34. The van der Waals surface area contributed by atoms with Crippen molar-refractivity contribution in [2.24, 2.45) is 0 Å². The lowest BCUT2D eigenvalue weighted by Crippen LogP contribution is -2.36. The van der Waals surface area contributed by atoms with E-state index in [0.717, 1.165) is 19.3 Å². The second-order valence-electron chi connectivity index (χ2n) is 8.87. The molecule has 0 unspecified atom stereocenters. The first-order valence-electron chi connectivity index (χ1n) is 12.4. The fourth-order valence-corrected chi connectivity index (χ4v) is 4.47. The highest BCUT2D eigenvalue weighted by molar-refractivity contribution is 7.80. The molecule has 2 amide bonds. The van der Waals surface area contributed by atoms with Gasteiger partial charge in [0.15, 0.2) is 5.11 Å². The van der Waals surface area contributed by atoms with Crippen molar-refractivity contribution in [3.05, 3.63) is 95.6 Å². The summed E-state index contributed by atoms with van der Waals surface area (Å²) in [4.78, 5) is 25.4. The van der Waals surface area contributed by atoms with Crippen LogP contribution in [0.3, 0.4) is 0 Å². The first-order valence-corrected chi connectivity index (χ1v) is 12.8. The summed E-state index contributed by atoms with van der Waals surface area (Å²) < 4.78 is 5.89. The van der Waals surface area contributed by atoms with E-state index in [1.807, 2.05) is 36.4 Å². The van der Waals surface area contributed by atoms with E-state index in [9.17, 15) is 9.59 Å². The van der Waals surface area contributed by atoms with Crippen molar-refractivity contribution in [2.45, 2.75) is 44.6 Å². The number of amides is 2. The molecule has 1 fully saturated rings. The Balaban J connectivity index is 1.28. The van der Waals surface area contributed by atoms with Crippen LogP contribution < -0.4 is 20.7 Å². The molecule has 0 spiro atoms. The molecule has 0 aromatic heterocycles. The Labute approximate surface area is 217 Å². The molecule has 7 heteroatoms. The number of rotatable bonds is 8. The highest BCUT2D eigenvalue weighted by Gasteiger charge is 2.17. The van der Waals surface area contributed by atoms with Crippen molar-refractivity contribution in [1.82, 2.24) is 10.6 Å². The van der Waals surface area contributed by atoms with E-state index >= 15 is 0 Å². The topological polar surface area (TPSA) is 79.5 Å². The van der Waals surface area contributed by atoms with Gasteiger partial charge in [-0.05, 0) is 67.0 Å². The third-order valence-corrected chi connectivity index (χ3v) is 6.40. The molecule has 1 aliphatic rings. The Bertz CT molecular complexity index is 1180. The van der Waals surface area contributed by atoms with Gasteiger partial charge in [-0.2, -0.15) is 0 Å². The average Bonchev–Trinajstić information content (AvgIpc) is 2.90. The summed E-state index contributed by atoms with van der Waals surface area (Å²) in [5.41, 5.74) is 2.86. The predicted molar refractivity (Wildman–Crippen MR) is 147 cm³/mol. The molecule has 36 heavy (non-hydrogen) atoms. The smallest absolute Gasteiger partial charge is 0.261 e. The summed E-state index contributed by atoms with van der Waals surface area (Å²) in [6, 6.07) is 24.4. The lowest BCUT2D eigenvalue weighted by molar-refractivity contribution is 0.0926. The van der Waals surface area contributed by atoms with Crippen LogP contribution in [0, 0.1) is 0 Å². The Morgan fingerprint density at radius 2 is 1.53 bits per heavy atom. The zero-order chi connectivity index (χ0) is 25.2. The molecule has 0 heterocycles. The van der Waals surface area contributed by atoms with Gasteiger partial charge in [0.25, 0.3) is 11.8 Å². The summed E-state index contributed by atoms with van der Waals surface area (Å²) in [5, 5.41) is 8.99. The largest absolute Gasteiger partial charge is 0.492 e. The molecule has 1 saturated carbocycles. The zero-order valence-electron chi connectivity index (χ0n) is 20.2. The van der Waals surface area contributed by atoms with Crippen LogP contribution in [-0.4, -0.2) is 29.6 Å². The van der Waals surface area contributed by atoms with Gasteiger partial charge in [0.1, 0.15) is 5.75 Å². The molecule has 0 atom stereocenters. The molecule has 6 nitrogen and oxygen atoms in total. The molecule has 3 aromatic rings. The van der Waals surface area contributed by atoms with Gasteiger partial charge in [0, 0.05) is 23.7 Å². The number of para-hydroxylation sites is 1. The van der Waals surface area contributed by atoms with Crippen molar-refractivity contribution in [2.75, 3.05) is 11.9 Å². The summed E-state index contributed by atoms with van der Waals surface area (Å²) in [6.45, 7) is 0.456. The molecule has 186 valence electrons. The maximum absolute atomic E-state index is 12.9. The molecule has 0 radical (unpaired) electrons. The van der Waals surface area contributed by atoms with Crippen molar-refractivity contribution in [3.63, 3.8) is 0 Å². The molecular formula is C29H31N3O3S. The van der Waals surface area contributed by atoms with E-state index in [4.69, 9.17) is 17.0 Å². The number of anilines is 1. The number of benzene rings is 3. The van der Waals surface area contributed by atoms with Gasteiger partial charge in [-0.1, -0.05) is 61.7 Å². The van der Waals surface area contributed by atoms with E-state index < -0.39 is 0 Å². The monoisotopic (exact) mass is 501 g/mol. The van der Waals surface area contributed by atoms with Crippen LogP contribution in [0.15, 0.2) is 78.9 Å². The lowest BCUT2D eigenvalue weighted by Gasteiger charge is -2.22. The van der Waals surface area contributed by atoms with Crippen molar-refractivity contribution < 1.29 is 14.3 Å². The first-order chi connectivity index (χ1) is 17.6. The minimum atomic E-state index is -0.355. The number of ether oxygens (including phenoxy) is 1. The van der Waals surface area contributed by atoms with E-state index in [1.165, 1.54) is 24.8 Å². The Morgan fingerprint density at radius 3 is 2.28 bits per heavy atom. The molecule has 3 aromatic carbocycles. The van der Waals surface area contributed by atoms with Crippen molar-refractivity contribution in [3.8, 4) is 5.75 Å². The quantitative estimate of drug-likeness (QED) is 0.355. The maximum Gasteiger partial charge on any atom is 0.261 e. The lowest BCUT2D eigenvalue weighted by atomic mass is 9.95. The van der Waals surface area contributed by atoms with E-state index in [0.29, 0.717) is 29.2 Å². The first kappa shape index (κ1) is 25.4. The number of hydrogen-bond donors (Lipinski definition) is 3. The molecule has 0 saturated heterocycles. The van der Waals surface area contributed by atoms with E-state index in [1.54, 1.807) is 42.5 Å². The fourth-order valence-electron chi connectivity index (χ4n) is 4.26. The molecule has 0 bridgehead atoms. The van der Waals surface area contributed by atoms with Gasteiger partial charge in [-0.15, -0.1) is 0 Å². The second kappa shape index (κ2) is 12.8. The summed E-state index contributed by atoms with van der Waals surface area (Å²) in [7, 11) is 0. The van der Waals surface area contributed by atoms with Gasteiger partial charge in [-0.3, -0.25) is 14.9 Å². The Hall–Kier alpha value is -3.71. The van der Waals surface area contributed by atoms with Crippen LogP contribution in [0.4, 0.5) is 5.69 Å². The molecular weight excluding hydrogens is 470 g/mol. The summed E-state index contributed by atoms with van der Waals surface area (Å²) in [5.74, 6) is 0.0848. The van der Waals surface area contributed by atoms with Gasteiger partial charge in [-0.25, -0.2) is 0 Å². The van der Waals surface area contributed by atoms with Crippen LogP contribution in [0.25, 0.3) is 0 Å². The second-order valence-corrected chi connectivity index (χ2v) is 9.28. The van der Waals surface area contributed by atoms with E-state index in [2.05, 4.69) is 16.0 Å². The summed E-state index contributed by atoms with van der Waals surface area (Å²) in [6.07, 6.45) is 6.41. The molecule has 1 aliphatic carbocycles. The number of hydrogen-bond acceptors (Lipinski definition) is 4. The predicted octanol–water partition coefficient (Wildman–Crippen LogP) is 5.50. The minimum absolute atomic E-state index is 0.0619. The fraction of sp³-hybridized carbons (Fsp3) is 0.276. The Morgan fingerprint density at radius 1 is 0.833 bits per heavy atom. The van der Waals surface area contributed by atoms with Crippen LogP contribution in [0.2, 0.25) is 0 Å². The van der Waals surface area contributed by atoms with Crippen molar-refractivity contribution >= 4 is 34.8 Å². The third-order valence-electron chi connectivity index (χ3n) is 6.20. The average molecular weight is 502 g/mol. The number of nitrogens with one attached hydrogen (secondary N) is 3. The van der Waals surface area contributed by atoms with Gasteiger partial charge in [0.05, 0.1) is 12.2 Å². The highest BCUT2D eigenvalue weighted by Crippen LogP contribution is 2.20. The number of thiocarbonyl (C=S) groups is 1. The third kappa shape index (κ3) is 7.39. The van der Waals surface area contributed by atoms with Gasteiger partial charge in [0.2, 0.25) is 0 Å². The van der Waals surface area contributed by atoms with Crippen molar-refractivity contribution in [1.29, 1.82) is 0 Å². The highest BCUT2D eigenvalue weighted by atomic mass is 32.1. The standard InChI is InChI=1S/C29H31N3O3S/c33-27(30-23-11-5-2-6-12-23)22-15-17-24(18-16-22)31-29(36)32-28(34)25-13-7-8-14-26(25)35-20-19-21-9-3-1-4-10-21/h1,3-4,7-10,13-18,23H,2,5-6,11-12,19-20H2,(H,30,33)(H2,31,32,34,36). The van der Waals surface area contributed by atoms with Gasteiger partial charge >= 0.3 is 0 Å². The van der Waals surface area contributed by atoms with Gasteiger partial charge < -0.3 is 15.4 Å². The molecule has 4 rings (SSSR count). The van der Waals surface area contributed by atoms with Crippen LogP contribution in [-0.2, 0) is 6.42 Å². The molecule has 3 N–H and O–H groups in total.